The molecule has 0 aliphatic carbocycles. The van der Waals surface area contributed by atoms with Crippen LogP contribution in [0.4, 0.5) is 11.5 Å². The summed E-state index contributed by atoms with van der Waals surface area (Å²) in [6.45, 7) is 5.22. The minimum absolute atomic E-state index is 0.0798. The molecule has 136 valence electrons. The fourth-order valence-corrected chi connectivity index (χ4v) is 3.35. The summed E-state index contributed by atoms with van der Waals surface area (Å²) in [5.74, 6) is 1.17. The van der Waals surface area contributed by atoms with Gasteiger partial charge in [0.2, 0.25) is 0 Å². The maximum Gasteiger partial charge on any atom is 0.277 e. The van der Waals surface area contributed by atoms with Gasteiger partial charge in [-0.3, -0.25) is 4.79 Å². The molecule has 0 spiro atoms. The monoisotopic (exact) mass is 358 g/mol. The highest BCUT2D eigenvalue weighted by molar-refractivity contribution is 6.06. The molecule has 2 aromatic carbocycles. The Hall–Kier alpha value is -3.21. The van der Waals surface area contributed by atoms with Crippen molar-refractivity contribution >= 4 is 17.4 Å². The van der Waals surface area contributed by atoms with Crippen LogP contribution in [0.1, 0.15) is 33.0 Å². The normalized spacial score (nSPS) is 12.7. The van der Waals surface area contributed by atoms with Crippen LogP contribution < -0.4 is 10.2 Å². The lowest BCUT2D eigenvalue weighted by molar-refractivity contribution is 0.0984. The molecule has 1 amide bonds. The third-order valence-corrected chi connectivity index (χ3v) is 4.78. The first kappa shape index (κ1) is 17.2. The third-order valence-electron chi connectivity index (χ3n) is 4.78. The van der Waals surface area contributed by atoms with Gasteiger partial charge >= 0.3 is 0 Å². The zero-order chi connectivity index (χ0) is 18.8. The van der Waals surface area contributed by atoms with Crippen molar-refractivity contribution < 1.29 is 4.79 Å². The zero-order valence-electron chi connectivity index (χ0n) is 15.6. The van der Waals surface area contributed by atoms with Gasteiger partial charge in [0, 0.05) is 24.8 Å². The van der Waals surface area contributed by atoms with Crippen molar-refractivity contribution in [2.45, 2.75) is 26.8 Å². The number of fused-ring (bicyclic) bond motifs is 1. The quantitative estimate of drug-likeness (QED) is 0.768. The van der Waals surface area contributed by atoms with Crippen molar-refractivity contribution in [3.05, 3.63) is 82.8 Å². The Morgan fingerprint density at radius 3 is 2.67 bits per heavy atom. The Labute approximate surface area is 159 Å². The van der Waals surface area contributed by atoms with Crippen molar-refractivity contribution in [1.82, 2.24) is 9.97 Å². The first-order valence-corrected chi connectivity index (χ1v) is 9.15. The largest absolute Gasteiger partial charge is 0.366 e. The van der Waals surface area contributed by atoms with Crippen LogP contribution in [0, 0.1) is 13.8 Å². The van der Waals surface area contributed by atoms with E-state index in [1.807, 2.05) is 25.1 Å². The number of carbonyl (C=O) groups is 1. The van der Waals surface area contributed by atoms with Gasteiger partial charge in [-0.05, 0) is 37.5 Å². The lowest BCUT2D eigenvalue weighted by atomic mass is 10.1. The van der Waals surface area contributed by atoms with Gasteiger partial charge < -0.3 is 10.2 Å². The number of anilines is 2. The summed E-state index contributed by atoms with van der Waals surface area (Å²) < 4.78 is 0. The predicted octanol–water partition coefficient (Wildman–Crippen LogP) is 3.91. The molecular formula is C22H22N4O. The molecule has 0 radical (unpaired) electrons. The maximum absolute atomic E-state index is 13.0. The number of rotatable bonds is 4. The second-order valence-electron chi connectivity index (χ2n) is 6.86. The highest BCUT2D eigenvalue weighted by Gasteiger charge is 2.26. The van der Waals surface area contributed by atoms with E-state index in [1.54, 1.807) is 11.0 Å². The molecule has 0 fully saturated rings. The smallest absolute Gasteiger partial charge is 0.277 e. The number of benzene rings is 2. The molecule has 2 heterocycles. The molecule has 5 nitrogen and oxygen atoms in total. The van der Waals surface area contributed by atoms with Crippen LogP contribution in [0.2, 0.25) is 0 Å². The number of nitrogens with zero attached hydrogens (tertiary/aromatic N) is 3. The summed E-state index contributed by atoms with van der Waals surface area (Å²) in [7, 11) is 0. The summed E-state index contributed by atoms with van der Waals surface area (Å²) in [5, 5.41) is 3.30. The SMILES string of the molecule is Cc1ccc(CNc2cc(C(=O)N3CCc4ccccc43)nc(C)n2)cc1. The molecule has 1 N–H and O–H groups in total. The fourth-order valence-electron chi connectivity index (χ4n) is 3.35. The van der Waals surface area contributed by atoms with E-state index in [1.165, 1.54) is 16.7 Å². The highest BCUT2D eigenvalue weighted by Crippen LogP contribution is 2.28. The van der Waals surface area contributed by atoms with E-state index in [0.717, 1.165) is 12.1 Å². The Kier molecular flexibility index (Phi) is 4.59. The molecular weight excluding hydrogens is 336 g/mol. The average Bonchev–Trinajstić information content (AvgIpc) is 3.11. The van der Waals surface area contributed by atoms with Crippen molar-refractivity contribution in [2.24, 2.45) is 0 Å². The molecule has 0 bridgehead atoms. The molecule has 27 heavy (non-hydrogen) atoms. The number of nitrogens with one attached hydrogen (secondary N) is 1. The van der Waals surface area contributed by atoms with E-state index < -0.39 is 0 Å². The molecule has 1 aliphatic heterocycles. The van der Waals surface area contributed by atoms with Gasteiger partial charge in [0.05, 0.1) is 0 Å². The van der Waals surface area contributed by atoms with Crippen molar-refractivity contribution in [1.29, 1.82) is 0 Å². The molecule has 0 saturated heterocycles. The van der Waals surface area contributed by atoms with Gasteiger partial charge in [0.15, 0.2) is 0 Å². The molecule has 1 aliphatic rings. The van der Waals surface area contributed by atoms with Crippen LogP contribution in [0.5, 0.6) is 0 Å². The maximum atomic E-state index is 13.0. The topological polar surface area (TPSA) is 58.1 Å². The van der Waals surface area contributed by atoms with Crippen LogP contribution in [-0.2, 0) is 13.0 Å². The molecule has 0 atom stereocenters. The molecule has 0 unspecified atom stereocenters. The van der Waals surface area contributed by atoms with Gasteiger partial charge in [-0.25, -0.2) is 9.97 Å². The summed E-state index contributed by atoms with van der Waals surface area (Å²) in [5.41, 5.74) is 5.00. The number of para-hydroxylation sites is 1. The minimum Gasteiger partial charge on any atom is -0.366 e. The van der Waals surface area contributed by atoms with Crippen LogP contribution >= 0.6 is 0 Å². The van der Waals surface area contributed by atoms with Gasteiger partial charge in [0.1, 0.15) is 17.3 Å². The first-order chi connectivity index (χ1) is 13.1. The van der Waals surface area contributed by atoms with Crippen LogP contribution in [0.25, 0.3) is 0 Å². The summed E-state index contributed by atoms with van der Waals surface area (Å²) in [6, 6.07) is 18.1. The van der Waals surface area contributed by atoms with E-state index in [-0.39, 0.29) is 5.91 Å². The van der Waals surface area contributed by atoms with Crippen LogP contribution in [0.15, 0.2) is 54.6 Å². The van der Waals surface area contributed by atoms with E-state index in [2.05, 4.69) is 52.5 Å². The predicted molar refractivity (Wildman–Crippen MR) is 107 cm³/mol. The molecule has 4 rings (SSSR count). The summed E-state index contributed by atoms with van der Waals surface area (Å²) in [4.78, 5) is 23.6. The molecule has 1 aromatic heterocycles. The highest BCUT2D eigenvalue weighted by atomic mass is 16.2. The fraction of sp³-hybridized carbons (Fsp3) is 0.227. The second kappa shape index (κ2) is 7.19. The number of hydrogen-bond donors (Lipinski definition) is 1. The Morgan fingerprint density at radius 1 is 1.07 bits per heavy atom. The first-order valence-electron chi connectivity index (χ1n) is 9.15. The van der Waals surface area contributed by atoms with Crippen LogP contribution in [0.3, 0.4) is 0 Å². The lowest BCUT2D eigenvalue weighted by Crippen LogP contribution is -2.30. The number of aromatic nitrogens is 2. The van der Waals surface area contributed by atoms with Crippen molar-refractivity contribution in [3.8, 4) is 0 Å². The number of amides is 1. The van der Waals surface area contributed by atoms with Gasteiger partial charge in [-0.1, -0.05) is 48.0 Å². The Bertz CT molecular complexity index is 982. The molecule has 3 aromatic rings. The summed E-state index contributed by atoms with van der Waals surface area (Å²) >= 11 is 0. The lowest BCUT2D eigenvalue weighted by Gasteiger charge is -2.17. The van der Waals surface area contributed by atoms with E-state index >= 15 is 0 Å². The Morgan fingerprint density at radius 2 is 1.85 bits per heavy atom. The molecule has 0 saturated carbocycles. The van der Waals surface area contributed by atoms with Gasteiger partial charge in [-0.2, -0.15) is 0 Å². The Balaban J connectivity index is 1.54. The van der Waals surface area contributed by atoms with Gasteiger partial charge in [-0.15, -0.1) is 0 Å². The number of aryl methyl sites for hydroxylation is 2. The van der Waals surface area contributed by atoms with E-state index in [0.29, 0.717) is 30.4 Å². The standard InChI is InChI=1S/C22H22N4O/c1-15-7-9-17(10-8-15)14-23-21-13-19(24-16(2)25-21)22(27)26-12-11-18-5-3-4-6-20(18)26/h3-10,13H,11-12,14H2,1-2H3,(H,23,24,25). The third kappa shape index (κ3) is 3.67. The second-order valence-corrected chi connectivity index (χ2v) is 6.86. The summed E-state index contributed by atoms with van der Waals surface area (Å²) in [6.07, 6.45) is 0.879. The minimum atomic E-state index is -0.0798. The average molecular weight is 358 g/mol. The zero-order valence-corrected chi connectivity index (χ0v) is 15.6. The van der Waals surface area contributed by atoms with E-state index in [9.17, 15) is 4.79 Å². The van der Waals surface area contributed by atoms with Crippen molar-refractivity contribution in [2.75, 3.05) is 16.8 Å². The van der Waals surface area contributed by atoms with Crippen molar-refractivity contribution in [3.63, 3.8) is 0 Å². The van der Waals surface area contributed by atoms with Gasteiger partial charge in [0.25, 0.3) is 5.91 Å². The number of hydrogen-bond acceptors (Lipinski definition) is 4. The van der Waals surface area contributed by atoms with Crippen LogP contribution in [-0.4, -0.2) is 22.4 Å². The molecule has 5 heteroatoms. The van der Waals surface area contributed by atoms with E-state index in [4.69, 9.17) is 0 Å². The number of carbonyl (C=O) groups excluding carboxylic acids is 1.